The number of carbonyl (C=O) groups is 1. The van der Waals surface area contributed by atoms with Crippen molar-refractivity contribution in [2.45, 2.75) is 51.6 Å². The molecule has 0 unspecified atom stereocenters. The number of aromatic nitrogens is 2. The number of rotatable bonds is 10. The highest BCUT2D eigenvalue weighted by Gasteiger charge is 2.20. The molecule has 1 amide bonds. The molecular formula is C20H31ClN4O4. The molecule has 1 heterocycles. The van der Waals surface area contributed by atoms with Gasteiger partial charge in [-0.25, -0.2) is 4.98 Å². The number of benzene rings is 1. The number of hydrogen-bond donors (Lipinski definition) is 2. The highest BCUT2D eigenvalue weighted by Crippen LogP contribution is 2.29. The predicted molar refractivity (Wildman–Crippen MR) is 116 cm³/mol. The Bertz CT molecular complexity index is 881. The Morgan fingerprint density at radius 2 is 1.83 bits per heavy atom. The van der Waals surface area contributed by atoms with Crippen LogP contribution in [0.2, 0.25) is 0 Å². The van der Waals surface area contributed by atoms with Gasteiger partial charge in [-0.2, -0.15) is 0 Å². The topological polar surface area (TPSA) is 108 Å². The fraction of sp³-hybridized carbons (Fsp3) is 0.550. The summed E-state index contributed by atoms with van der Waals surface area (Å²) in [6.07, 6.45) is 3.95. The van der Waals surface area contributed by atoms with Crippen molar-refractivity contribution in [1.82, 2.24) is 14.9 Å². The molecule has 0 saturated carbocycles. The third-order valence-electron chi connectivity index (χ3n) is 5.18. The molecule has 162 valence electrons. The van der Waals surface area contributed by atoms with E-state index in [0.29, 0.717) is 48.3 Å². The van der Waals surface area contributed by atoms with Crippen LogP contribution in [0.25, 0.3) is 10.9 Å². The monoisotopic (exact) mass is 426 g/mol. The van der Waals surface area contributed by atoms with Crippen LogP contribution >= 0.6 is 12.4 Å². The second-order valence-corrected chi connectivity index (χ2v) is 6.92. The number of nitrogens with zero attached hydrogens (tertiary/aromatic N) is 2. The van der Waals surface area contributed by atoms with E-state index in [4.69, 9.17) is 15.2 Å². The number of nitrogens with one attached hydrogen (secondary N) is 1. The number of fused-ring (bicyclic) bond motifs is 1. The Balaban J connectivity index is 0.00000420. The Labute approximate surface area is 177 Å². The minimum absolute atomic E-state index is 0. The lowest BCUT2D eigenvalue weighted by Crippen LogP contribution is -2.49. The van der Waals surface area contributed by atoms with E-state index < -0.39 is 0 Å². The molecule has 3 N–H and O–H groups in total. The van der Waals surface area contributed by atoms with Gasteiger partial charge in [-0.1, -0.05) is 13.8 Å². The van der Waals surface area contributed by atoms with Gasteiger partial charge in [0, 0.05) is 31.1 Å². The highest BCUT2D eigenvalue weighted by atomic mass is 35.5. The van der Waals surface area contributed by atoms with Gasteiger partial charge in [-0.3, -0.25) is 14.2 Å². The van der Waals surface area contributed by atoms with Crippen LogP contribution in [0, 0.1) is 0 Å². The van der Waals surface area contributed by atoms with Gasteiger partial charge < -0.3 is 20.5 Å². The normalized spacial score (nSPS) is 11.1. The molecule has 0 aliphatic carbocycles. The number of nitrogens with two attached hydrogens (primary N) is 1. The molecule has 0 atom stereocenters. The number of amides is 1. The van der Waals surface area contributed by atoms with Crippen LogP contribution in [0.3, 0.4) is 0 Å². The average molecular weight is 427 g/mol. The quantitative estimate of drug-likeness (QED) is 0.603. The van der Waals surface area contributed by atoms with Gasteiger partial charge in [0.05, 0.1) is 31.4 Å². The Kier molecular flexibility index (Phi) is 9.39. The lowest BCUT2D eigenvalue weighted by molar-refractivity contribution is -0.121. The van der Waals surface area contributed by atoms with Crippen LogP contribution in [-0.2, 0) is 11.3 Å². The summed E-state index contributed by atoms with van der Waals surface area (Å²) in [7, 11) is 3.05. The molecule has 2 rings (SSSR count). The van der Waals surface area contributed by atoms with E-state index in [-0.39, 0.29) is 29.4 Å². The number of halogens is 1. The van der Waals surface area contributed by atoms with Crippen molar-refractivity contribution >= 4 is 29.2 Å². The average Bonchev–Trinajstić information content (AvgIpc) is 2.72. The molecule has 1 aromatic carbocycles. The van der Waals surface area contributed by atoms with Gasteiger partial charge in [0.2, 0.25) is 5.91 Å². The Hall–Kier alpha value is -2.32. The number of aryl methyl sites for hydroxylation is 1. The van der Waals surface area contributed by atoms with Crippen molar-refractivity contribution < 1.29 is 14.3 Å². The van der Waals surface area contributed by atoms with Crippen molar-refractivity contribution in [3.8, 4) is 11.5 Å². The van der Waals surface area contributed by atoms with Crippen LogP contribution in [0.1, 0.15) is 39.5 Å². The minimum atomic E-state index is -0.366. The van der Waals surface area contributed by atoms with Crippen molar-refractivity contribution in [1.29, 1.82) is 0 Å². The van der Waals surface area contributed by atoms with E-state index in [0.717, 1.165) is 12.8 Å². The van der Waals surface area contributed by atoms with E-state index in [1.807, 2.05) is 13.8 Å². The summed E-state index contributed by atoms with van der Waals surface area (Å²) in [6.45, 7) is 4.88. The molecule has 0 spiro atoms. The van der Waals surface area contributed by atoms with Gasteiger partial charge in [0.25, 0.3) is 5.56 Å². The number of ether oxygens (including phenoxy) is 2. The molecule has 8 nitrogen and oxygen atoms in total. The maximum atomic E-state index is 12.7. The van der Waals surface area contributed by atoms with E-state index in [9.17, 15) is 9.59 Å². The zero-order chi connectivity index (χ0) is 20.7. The molecule has 1 aromatic heterocycles. The van der Waals surface area contributed by atoms with Gasteiger partial charge in [-0.05, 0) is 25.3 Å². The lowest BCUT2D eigenvalue weighted by Gasteiger charge is -2.26. The third kappa shape index (κ3) is 6.08. The van der Waals surface area contributed by atoms with Crippen LogP contribution in [-0.4, -0.2) is 41.8 Å². The van der Waals surface area contributed by atoms with Crippen LogP contribution < -0.4 is 26.1 Å². The zero-order valence-corrected chi connectivity index (χ0v) is 18.3. The first kappa shape index (κ1) is 24.7. The van der Waals surface area contributed by atoms with Crippen LogP contribution in [0.4, 0.5) is 0 Å². The fourth-order valence-electron chi connectivity index (χ4n) is 2.92. The standard InChI is InChI=1S/C20H30N4O4.ClH/c1-5-20(21,6-2)12-22-18(25)8-7-9-24-13-23-15-11-17(28-4)16(27-3)10-14(15)19(24)26;/h10-11,13H,5-9,12,21H2,1-4H3,(H,22,25);1H. The van der Waals surface area contributed by atoms with E-state index in [1.165, 1.54) is 25.1 Å². The number of carbonyl (C=O) groups excluding carboxylic acids is 1. The molecule has 0 aliphatic rings. The molecule has 0 bridgehead atoms. The SMILES string of the molecule is CCC(N)(CC)CNC(=O)CCCn1cnc2cc(OC)c(OC)cc2c1=O.Cl. The van der Waals surface area contributed by atoms with Crippen molar-refractivity contribution in [3.63, 3.8) is 0 Å². The molecule has 0 saturated heterocycles. The lowest BCUT2D eigenvalue weighted by atomic mass is 9.94. The second kappa shape index (κ2) is 11.0. The van der Waals surface area contributed by atoms with Gasteiger partial charge in [-0.15, -0.1) is 12.4 Å². The Morgan fingerprint density at radius 3 is 2.41 bits per heavy atom. The van der Waals surface area contributed by atoms with E-state index in [2.05, 4.69) is 10.3 Å². The van der Waals surface area contributed by atoms with Crippen molar-refractivity contribution in [3.05, 3.63) is 28.8 Å². The molecule has 29 heavy (non-hydrogen) atoms. The summed E-state index contributed by atoms with van der Waals surface area (Å²) in [5.41, 5.74) is 6.19. The van der Waals surface area contributed by atoms with Gasteiger partial charge >= 0.3 is 0 Å². The molecule has 2 aromatic rings. The zero-order valence-electron chi connectivity index (χ0n) is 17.5. The maximum absolute atomic E-state index is 12.7. The first-order valence-corrected chi connectivity index (χ1v) is 9.54. The summed E-state index contributed by atoms with van der Waals surface area (Å²) >= 11 is 0. The second-order valence-electron chi connectivity index (χ2n) is 6.92. The fourth-order valence-corrected chi connectivity index (χ4v) is 2.92. The molecule has 9 heteroatoms. The van der Waals surface area contributed by atoms with Crippen molar-refractivity contribution in [2.24, 2.45) is 5.73 Å². The molecule has 0 aliphatic heterocycles. The summed E-state index contributed by atoms with van der Waals surface area (Å²) in [5.74, 6) is 0.930. The maximum Gasteiger partial charge on any atom is 0.261 e. The first-order valence-electron chi connectivity index (χ1n) is 9.54. The number of hydrogen-bond acceptors (Lipinski definition) is 6. The summed E-state index contributed by atoms with van der Waals surface area (Å²) < 4.78 is 12.0. The summed E-state index contributed by atoms with van der Waals surface area (Å²) in [5, 5.41) is 3.33. The highest BCUT2D eigenvalue weighted by molar-refractivity contribution is 5.85. The predicted octanol–water partition coefficient (Wildman–Crippen LogP) is 2.25. The third-order valence-corrected chi connectivity index (χ3v) is 5.18. The number of methoxy groups -OCH3 is 2. The van der Waals surface area contributed by atoms with Crippen LogP contribution in [0.15, 0.2) is 23.3 Å². The Morgan fingerprint density at radius 1 is 1.21 bits per heavy atom. The smallest absolute Gasteiger partial charge is 0.261 e. The molecular weight excluding hydrogens is 396 g/mol. The van der Waals surface area contributed by atoms with Gasteiger partial charge in [0.1, 0.15) is 0 Å². The minimum Gasteiger partial charge on any atom is -0.493 e. The van der Waals surface area contributed by atoms with E-state index in [1.54, 1.807) is 12.1 Å². The molecule has 0 fully saturated rings. The summed E-state index contributed by atoms with van der Waals surface area (Å²) in [4.78, 5) is 29.1. The summed E-state index contributed by atoms with van der Waals surface area (Å²) in [6, 6.07) is 3.30. The first-order chi connectivity index (χ1) is 13.4. The molecule has 0 radical (unpaired) electrons. The van der Waals surface area contributed by atoms with Crippen LogP contribution in [0.5, 0.6) is 11.5 Å². The van der Waals surface area contributed by atoms with Crippen molar-refractivity contribution in [2.75, 3.05) is 20.8 Å². The van der Waals surface area contributed by atoms with Gasteiger partial charge in [0.15, 0.2) is 11.5 Å². The largest absolute Gasteiger partial charge is 0.493 e. The van der Waals surface area contributed by atoms with E-state index >= 15 is 0 Å².